The van der Waals surface area contributed by atoms with Crippen LogP contribution in [0.25, 0.3) is 0 Å². The summed E-state index contributed by atoms with van der Waals surface area (Å²) in [5.41, 5.74) is 1.34. The molecule has 2 aliphatic rings. The molecule has 25 heavy (non-hydrogen) atoms. The number of amides is 1. The number of nitrogens with zero attached hydrogens (tertiary/aromatic N) is 2. The van der Waals surface area contributed by atoms with Gasteiger partial charge in [0, 0.05) is 30.6 Å². The van der Waals surface area contributed by atoms with Crippen molar-refractivity contribution in [2.75, 3.05) is 38.4 Å². The van der Waals surface area contributed by atoms with Crippen molar-refractivity contribution in [1.29, 1.82) is 0 Å². The van der Waals surface area contributed by atoms with Gasteiger partial charge in [-0.25, -0.2) is 4.98 Å². The summed E-state index contributed by atoms with van der Waals surface area (Å²) in [7, 11) is 0. The third-order valence-corrected chi connectivity index (χ3v) is 5.04. The number of benzene rings is 1. The van der Waals surface area contributed by atoms with Gasteiger partial charge in [0.2, 0.25) is 6.79 Å². The van der Waals surface area contributed by atoms with E-state index in [0.717, 1.165) is 38.5 Å². The average molecular weight is 382 g/mol. The molecular formula is C16H16ClN3O4S. The first-order valence-corrected chi connectivity index (χ1v) is 9.10. The Balaban J connectivity index is 1.42. The fourth-order valence-corrected chi connectivity index (χ4v) is 3.65. The van der Waals surface area contributed by atoms with Gasteiger partial charge in [0.15, 0.2) is 16.6 Å². The van der Waals surface area contributed by atoms with Crippen LogP contribution in [0.4, 0.5) is 5.13 Å². The second-order valence-corrected chi connectivity index (χ2v) is 6.94. The van der Waals surface area contributed by atoms with Gasteiger partial charge in [-0.05, 0) is 12.1 Å². The number of hydrogen-bond donors (Lipinski definition) is 1. The van der Waals surface area contributed by atoms with E-state index in [1.165, 1.54) is 11.3 Å². The van der Waals surface area contributed by atoms with E-state index in [1.807, 2.05) is 5.38 Å². The van der Waals surface area contributed by atoms with E-state index in [4.69, 9.17) is 25.8 Å². The monoisotopic (exact) mass is 381 g/mol. The lowest BCUT2D eigenvalue weighted by Crippen LogP contribution is -2.35. The molecule has 1 aromatic carbocycles. The quantitative estimate of drug-likeness (QED) is 0.877. The molecule has 3 heterocycles. The molecule has 0 spiro atoms. The van der Waals surface area contributed by atoms with Crippen LogP contribution in [0.5, 0.6) is 11.5 Å². The lowest BCUT2D eigenvalue weighted by molar-refractivity contribution is 0.0337. The number of nitrogens with one attached hydrogen (secondary N) is 1. The van der Waals surface area contributed by atoms with Crippen molar-refractivity contribution in [2.45, 2.75) is 6.54 Å². The van der Waals surface area contributed by atoms with Crippen molar-refractivity contribution in [3.8, 4) is 11.5 Å². The second-order valence-electron chi connectivity index (χ2n) is 5.68. The molecule has 132 valence electrons. The first kappa shape index (κ1) is 16.6. The van der Waals surface area contributed by atoms with Gasteiger partial charge < -0.3 is 14.2 Å². The van der Waals surface area contributed by atoms with Crippen LogP contribution < -0.4 is 14.8 Å². The number of carbonyl (C=O) groups is 1. The molecule has 0 unspecified atom stereocenters. The Bertz CT molecular complexity index is 792. The van der Waals surface area contributed by atoms with Gasteiger partial charge >= 0.3 is 0 Å². The van der Waals surface area contributed by atoms with E-state index in [1.54, 1.807) is 12.1 Å². The highest BCUT2D eigenvalue weighted by Crippen LogP contribution is 2.39. The van der Waals surface area contributed by atoms with Crippen molar-refractivity contribution in [1.82, 2.24) is 9.88 Å². The van der Waals surface area contributed by atoms with E-state index in [-0.39, 0.29) is 12.7 Å². The molecule has 2 aromatic rings. The maximum absolute atomic E-state index is 12.4. The predicted molar refractivity (Wildman–Crippen MR) is 93.7 cm³/mol. The van der Waals surface area contributed by atoms with Gasteiger partial charge in [0.25, 0.3) is 5.91 Å². The number of anilines is 1. The molecule has 0 atom stereocenters. The van der Waals surface area contributed by atoms with Crippen molar-refractivity contribution in [3.05, 3.63) is 33.8 Å². The number of halogens is 1. The fourth-order valence-electron chi connectivity index (χ4n) is 2.69. The molecule has 4 rings (SSSR count). The maximum atomic E-state index is 12.4. The third-order valence-electron chi connectivity index (χ3n) is 3.95. The Morgan fingerprint density at radius 2 is 2.16 bits per heavy atom. The number of fused-ring (bicyclic) bond motifs is 1. The average Bonchev–Trinajstić information content (AvgIpc) is 3.25. The van der Waals surface area contributed by atoms with E-state index < -0.39 is 0 Å². The molecule has 2 aliphatic heterocycles. The molecule has 1 amide bonds. The van der Waals surface area contributed by atoms with Crippen molar-refractivity contribution in [2.24, 2.45) is 0 Å². The summed E-state index contributed by atoms with van der Waals surface area (Å²) in [6.45, 7) is 4.16. The minimum Gasteiger partial charge on any atom is -0.454 e. The molecule has 1 fully saturated rings. The number of thiazole rings is 1. The minimum atomic E-state index is -0.285. The van der Waals surface area contributed by atoms with Gasteiger partial charge in [0.05, 0.1) is 23.9 Å². The lowest BCUT2D eigenvalue weighted by Gasteiger charge is -2.25. The number of aromatic nitrogens is 1. The van der Waals surface area contributed by atoms with E-state index in [0.29, 0.717) is 27.2 Å². The summed E-state index contributed by atoms with van der Waals surface area (Å²) in [4.78, 5) is 19.2. The third kappa shape index (κ3) is 3.72. The van der Waals surface area contributed by atoms with Crippen LogP contribution in [0, 0.1) is 0 Å². The largest absolute Gasteiger partial charge is 0.454 e. The van der Waals surface area contributed by atoms with Crippen molar-refractivity contribution in [3.63, 3.8) is 0 Å². The van der Waals surface area contributed by atoms with E-state index >= 15 is 0 Å². The number of carbonyl (C=O) groups excluding carboxylic acids is 1. The number of rotatable bonds is 4. The van der Waals surface area contributed by atoms with Crippen LogP contribution in [0.3, 0.4) is 0 Å². The Hall–Kier alpha value is -1.87. The number of ether oxygens (including phenoxy) is 3. The summed E-state index contributed by atoms with van der Waals surface area (Å²) in [5, 5.41) is 5.67. The summed E-state index contributed by atoms with van der Waals surface area (Å²) in [5.74, 6) is 0.664. The number of hydrogen-bond acceptors (Lipinski definition) is 7. The summed E-state index contributed by atoms with van der Waals surface area (Å²) in [6.07, 6.45) is 0. The zero-order chi connectivity index (χ0) is 17.2. The molecule has 1 saturated heterocycles. The maximum Gasteiger partial charge on any atom is 0.257 e. The molecule has 1 N–H and O–H groups in total. The van der Waals surface area contributed by atoms with Crippen LogP contribution in [0.2, 0.25) is 5.02 Å². The molecule has 7 nitrogen and oxygen atoms in total. The first-order valence-electron chi connectivity index (χ1n) is 7.84. The highest BCUT2D eigenvalue weighted by atomic mass is 35.5. The first-order chi connectivity index (χ1) is 12.2. The summed E-state index contributed by atoms with van der Waals surface area (Å²) >= 11 is 7.52. The minimum absolute atomic E-state index is 0.109. The van der Waals surface area contributed by atoms with Crippen LogP contribution in [0.15, 0.2) is 17.5 Å². The zero-order valence-corrected chi connectivity index (χ0v) is 14.9. The van der Waals surface area contributed by atoms with E-state index in [2.05, 4.69) is 15.2 Å². The summed E-state index contributed by atoms with van der Waals surface area (Å²) in [6, 6.07) is 3.18. The van der Waals surface area contributed by atoms with Gasteiger partial charge in [-0.3, -0.25) is 15.0 Å². The van der Waals surface area contributed by atoms with Crippen LogP contribution in [-0.2, 0) is 11.3 Å². The highest BCUT2D eigenvalue weighted by molar-refractivity contribution is 7.14. The van der Waals surface area contributed by atoms with E-state index in [9.17, 15) is 4.79 Å². The molecule has 0 radical (unpaired) electrons. The summed E-state index contributed by atoms with van der Waals surface area (Å²) < 4.78 is 15.9. The number of morpholine rings is 1. The van der Waals surface area contributed by atoms with Gasteiger partial charge in [0.1, 0.15) is 0 Å². The molecule has 9 heteroatoms. The normalized spacial score (nSPS) is 16.8. The topological polar surface area (TPSA) is 72.9 Å². The standard InChI is InChI=1S/C16H16ClN3O4S/c17-12-5-10(6-13-14(12)24-9-23-13)15(21)19-16-18-11(8-25-16)7-20-1-3-22-4-2-20/h5-6,8H,1-4,7,9H2,(H,18,19,21). The highest BCUT2D eigenvalue weighted by Gasteiger charge is 2.21. The molecule has 0 saturated carbocycles. The molecule has 0 aliphatic carbocycles. The smallest absolute Gasteiger partial charge is 0.257 e. The van der Waals surface area contributed by atoms with Crippen molar-refractivity contribution < 1.29 is 19.0 Å². The molecule has 1 aromatic heterocycles. The van der Waals surface area contributed by atoms with Crippen LogP contribution in [-0.4, -0.2) is 48.9 Å². The Morgan fingerprint density at radius 3 is 3.00 bits per heavy atom. The molecular weight excluding hydrogens is 366 g/mol. The van der Waals surface area contributed by atoms with Crippen LogP contribution in [0.1, 0.15) is 16.1 Å². The Morgan fingerprint density at radius 1 is 1.32 bits per heavy atom. The Kier molecular flexibility index (Phi) is 4.76. The second kappa shape index (κ2) is 7.17. The van der Waals surface area contributed by atoms with Gasteiger partial charge in [-0.15, -0.1) is 11.3 Å². The Labute approximate surface area is 153 Å². The fraction of sp³-hybridized carbons (Fsp3) is 0.375. The van der Waals surface area contributed by atoms with Gasteiger partial charge in [-0.1, -0.05) is 11.6 Å². The van der Waals surface area contributed by atoms with Crippen molar-refractivity contribution >= 4 is 34.0 Å². The zero-order valence-electron chi connectivity index (χ0n) is 13.3. The van der Waals surface area contributed by atoms with Gasteiger partial charge in [-0.2, -0.15) is 0 Å². The molecule has 0 bridgehead atoms. The van der Waals surface area contributed by atoms with Crippen LogP contribution >= 0.6 is 22.9 Å². The SMILES string of the molecule is O=C(Nc1nc(CN2CCOCC2)cs1)c1cc(Cl)c2c(c1)OCO2. The predicted octanol–water partition coefficient (Wildman–Crippen LogP) is 2.61. The lowest BCUT2D eigenvalue weighted by atomic mass is 10.2.